The van der Waals surface area contributed by atoms with Gasteiger partial charge >= 0.3 is 0 Å². The quantitative estimate of drug-likeness (QED) is 0.508. The average Bonchev–Trinajstić information content (AvgIpc) is 2.19. The Morgan fingerprint density at radius 3 is 3.08 bits per heavy atom. The third-order valence-corrected chi connectivity index (χ3v) is 2.42. The van der Waals surface area contributed by atoms with E-state index in [1.165, 1.54) is 0 Å². The third kappa shape index (κ3) is 3.95. The molecular weight excluding hydrogens is 188 g/mol. The molecular formula is C9H15ClN2O. The second-order valence-electron chi connectivity index (χ2n) is 3.19. The lowest BCUT2D eigenvalue weighted by Gasteiger charge is -2.29. The van der Waals surface area contributed by atoms with Gasteiger partial charge < -0.3 is 4.74 Å². The summed E-state index contributed by atoms with van der Waals surface area (Å²) in [4.78, 5) is 2.27. The molecule has 13 heavy (non-hydrogen) atoms. The van der Waals surface area contributed by atoms with Crippen molar-refractivity contribution in [3.8, 4) is 6.07 Å². The Kier molecular flexibility index (Phi) is 5.14. The fourth-order valence-electron chi connectivity index (χ4n) is 1.41. The molecule has 1 unspecified atom stereocenters. The minimum atomic E-state index is -0.232. The normalized spacial score (nSPS) is 24.2. The van der Waals surface area contributed by atoms with E-state index in [1.807, 2.05) is 0 Å². The largest absolute Gasteiger partial charge is 0.361 e. The molecule has 1 saturated heterocycles. The highest BCUT2D eigenvalue weighted by Gasteiger charge is 2.18. The number of hydrogen-bond donors (Lipinski definition) is 0. The van der Waals surface area contributed by atoms with E-state index in [0.29, 0.717) is 6.61 Å². The lowest BCUT2D eigenvalue weighted by atomic mass is 10.2. The summed E-state index contributed by atoms with van der Waals surface area (Å²) < 4.78 is 5.23. The first-order valence-electron chi connectivity index (χ1n) is 4.66. The minimum Gasteiger partial charge on any atom is -0.361 e. The van der Waals surface area contributed by atoms with Crippen LogP contribution in [0, 0.1) is 11.3 Å². The molecule has 0 aliphatic carbocycles. The molecule has 1 fully saturated rings. The van der Waals surface area contributed by atoms with Crippen LogP contribution in [0.2, 0.25) is 0 Å². The topological polar surface area (TPSA) is 36.3 Å². The number of nitrogens with zero attached hydrogens (tertiary/aromatic N) is 2. The molecule has 0 aromatic heterocycles. The predicted molar refractivity (Wildman–Crippen MR) is 51.7 cm³/mol. The van der Waals surface area contributed by atoms with Crippen molar-refractivity contribution in [2.75, 3.05) is 32.1 Å². The average molecular weight is 203 g/mol. The molecule has 0 aromatic carbocycles. The van der Waals surface area contributed by atoms with Crippen molar-refractivity contribution in [1.82, 2.24) is 4.90 Å². The molecule has 74 valence electrons. The molecule has 1 aliphatic heterocycles. The van der Waals surface area contributed by atoms with Crippen molar-refractivity contribution in [2.45, 2.75) is 18.9 Å². The first-order chi connectivity index (χ1) is 6.36. The van der Waals surface area contributed by atoms with Crippen molar-refractivity contribution >= 4 is 11.6 Å². The van der Waals surface area contributed by atoms with Gasteiger partial charge in [-0.2, -0.15) is 5.26 Å². The van der Waals surface area contributed by atoms with Gasteiger partial charge in [-0.1, -0.05) is 0 Å². The molecule has 0 spiro atoms. The van der Waals surface area contributed by atoms with Gasteiger partial charge in [0.05, 0.1) is 12.7 Å². The summed E-state index contributed by atoms with van der Waals surface area (Å²) in [5, 5.41) is 8.66. The van der Waals surface area contributed by atoms with Crippen LogP contribution in [0.3, 0.4) is 0 Å². The fourth-order valence-corrected chi connectivity index (χ4v) is 1.60. The number of halogens is 1. The number of hydrogen-bond acceptors (Lipinski definition) is 3. The lowest BCUT2D eigenvalue weighted by Crippen LogP contribution is -2.42. The van der Waals surface area contributed by atoms with Crippen LogP contribution < -0.4 is 0 Å². The zero-order valence-electron chi connectivity index (χ0n) is 7.71. The van der Waals surface area contributed by atoms with Gasteiger partial charge in [-0.15, -0.1) is 11.6 Å². The maximum atomic E-state index is 8.66. The molecule has 0 N–H and O–H groups in total. The van der Waals surface area contributed by atoms with Gasteiger partial charge in [-0.25, -0.2) is 0 Å². The Morgan fingerprint density at radius 2 is 2.38 bits per heavy atom. The summed E-state index contributed by atoms with van der Waals surface area (Å²) in [6, 6.07) is 2.13. The van der Waals surface area contributed by atoms with Crippen LogP contribution in [0.4, 0.5) is 0 Å². The highest BCUT2D eigenvalue weighted by molar-refractivity contribution is 6.17. The third-order valence-electron chi connectivity index (χ3n) is 2.15. The molecule has 1 aliphatic rings. The molecule has 1 rings (SSSR count). The van der Waals surface area contributed by atoms with E-state index in [1.54, 1.807) is 0 Å². The number of morpholine rings is 1. The number of nitriles is 1. The molecule has 0 bridgehead atoms. The zero-order valence-corrected chi connectivity index (χ0v) is 8.46. The lowest BCUT2D eigenvalue weighted by molar-refractivity contribution is 0.000216. The monoisotopic (exact) mass is 202 g/mol. The smallest absolute Gasteiger partial charge is 0.156 e. The first kappa shape index (κ1) is 10.8. The maximum Gasteiger partial charge on any atom is 0.156 e. The van der Waals surface area contributed by atoms with Crippen molar-refractivity contribution in [1.29, 1.82) is 5.26 Å². The van der Waals surface area contributed by atoms with Gasteiger partial charge in [0.2, 0.25) is 0 Å². The summed E-state index contributed by atoms with van der Waals surface area (Å²) >= 11 is 5.58. The van der Waals surface area contributed by atoms with Gasteiger partial charge in [0.1, 0.15) is 0 Å². The van der Waals surface area contributed by atoms with Gasteiger partial charge in [0.15, 0.2) is 6.10 Å². The second-order valence-corrected chi connectivity index (χ2v) is 3.56. The second kappa shape index (κ2) is 6.20. The van der Waals surface area contributed by atoms with Crippen LogP contribution in [-0.2, 0) is 4.74 Å². The molecule has 0 aromatic rings. The van der Waals surface area contributed by atoms with E-state index in [-0.39, 0.29) is 6.10 Å². The molecule has 0 saturated carbocycles. The van der Waals surface area contributed by atoms with Crippen LogP contribution in [0.1, 0.15) is 12.8 Å². The van der Waals surface area contributed by atoms with Crippen LogP contribution in [0.5, 0.6) is 0 Å². The Balaban J connectivity index is 2.15. The summed E-state index contributed by atoms with van der Waals surface area (Å²) in [5.74, 6) is 0.728. The van der Waals surface area contributed by atoms with Crippen molar-refractivity contribution < 1.29 is 4.74 Å². The summed E-state index contributed by atoms with van der Waals surface area (Å²) in [5.41, 5.74) is 0. The standard InChI is InChI=1S/C9H15ClN2O/c10-3-1-2-4-12-5-6-13-9(7-11)8-12/h9H,1-6,8H2. The van der Waals surface area contributed by atoms with E-state index >= 15 is 0 Å². The van der Waals surface area contributed by atoms with Crippen LogP contribution >= 0.6 is 11.6 Å². The first-order valence-corrected chi connectivity index (χ1v) is 5.20. The molecule has 4 heteroatoms. The Morgan fingerprint density at radius 1 is 1.54 bits per heavy atom. The predicted octanol–water partition coefficient (Wildman–Crippen LogP) is 1.23. The van der Waals surface area contributed by atoms with Crippen molar-refractivity contribution in [2.24, 2.45) is 0 Å². The maximum absolute atomic E-state index is 8.66. The van der Waals surface area contributed by atoms with Crippen molar-refractivity contribution in [3.63, 3.8) is 0 Å². The van der Waals surface area contributed by atoms with Gasteiger partial charge in [0.25, 0.3) is 0 Å². The SMILES string of the molecule is N#CC1CN(CCCCCl)CCO1. The van der Waals surface area contributed by atoms with E-state index in [0.717, 1.165) is 38.4 Å². The number of rotatable bonds is 4. The summed E-state index contributed by atoms with van der Waals surface area (Å²) in [6.45, 7) is 3.41. The van der Waals surface area contributed by atoms with Crippen LogP contribution in [0.25, 0.3) is 0 Å². The summed E-state index contributed by atoms with van der Waals surface area (Å²) in [6.07, 6.45) is 1.93. The van der Waals surface area contributed by atoms with Gasteiger partial charge in [-0.3, -0.25) is 4.90 Å². The summed E-state index contributed by atoms with van der Waals surface area (Å²) in [7, 11) is 0. The number of ether oxygens (including phenoxy) is 1. The minimum absolute atomic E-state index is 0.232. The molecule has 1 heterocycles. The molecule has 0 amide bonds. The fraction of sp³-hybridized carbons (Fsp3) is 0.889. The molecule has 3 nitrogen and oxygen atoms in total. The van der Waals surface area contributed by atoms with Gasteiger partial charge in [0, 0.05) is 19.0 Å². The van der Waals surface area contributed by atoms with Crippen LogP contribution in [-0.4, -0.2) is 43.1 Å². The Bertz CT molecular complexity index is 181. The highest BCUT2D eigenvalue weighted by Crippen LogP contribution is 2.05. The molecule has 0 radical (unpaired) electrons. The van der Waals surface area contributed by atoms with E-state index < -0.39 is 0 Å². The Labute approximate surface area is 84.2 Å². The van der Waals surface area contributed by atoms with Crippen LogP contribution in [0.15, 0.2) is 0 Å². The zero-order chi connectivity index (χ0) is 9.52. The number of alkyl halides is 1. The van der Waals surface area contributed by atoms with Crippen molar-refractivity contribution in [3.05, 3.63) is 0 Å². The van der Waals surface area contributed by atoms with E-state index in [2.05, 4.69) is 11.0 Å². The number of unbranched alkanes of at least 4 members (excludes halogenated alkanes) is 1. The van der Waals surface area contributed by atoms with E-state index in [9.17, 15) is 0 Å². The molecule has 1 atom stereocenters. The van der Waals surface area contributed by atoms with Gasteiger partial charge in [-0.05, 0) is 19.4 Å². The highest BCUT2D eigenvalue weighted by atomic mass is 35.5. The Hall–Kier alpha value is -0.300. The van der Waals surface area contributed by atoms with E-state index in [4.69, 9.17) is 21.6 Å².